The first-order chi connectivity index (χ1) is 18.2. The van der Waals surface area contributed by atoms with Crippen molar-refractivity contribution in [2.45, 2.75) is 43.8 Å². The van der Waals surface area contributed by atoms with Crippen molar-refractivity contribution in [2.24, 2.45) is 22.2 Å². The van der Waals surface area contributed by atoms with E-state index in [2.05, 4.69) is 25.9 Å². The van der Waals surface area contributed by atoms with Gasteiger partial charge < -0.3 is 43.2 Å². The summed E-state index contributed by atoms with van der Waals surface area (Å²) < 4.78 is 0. The number of thioether (sulfide) groups is 1. The van der Waals surface area contributed by atoms with Crippen molar-refractivity contribution >= 4 is 52.3 Å². The molecule has 0 radical (unpaired) electrons. The molecule has 1 aromatic heterocycles. The van der Waals surface area contributed by atoms with Crippen LogP contribution in [0, 0.1) is 0 Å². The van der Waals surface area contributed by atoms with E-state index in [0.29, 0.717) is 12.2 Å². The molecule has 3 unspecified atom stereocenters. The molecule has 0 aliphatic carbocycles. The third-order valence-corrected chi connectivity index (χ3v) is 6.38. The third-order valence-electron chi connectivity index (χ3n) is 5.74. The first kappa shape index (κ1) is 30.4. The number of nitrogens with zero attached hydrogens (tertiary/aromatic N) is 1. The normalized spacial score (nSPS) is 13.2. The van der Waals surface area contributed by atoms with E-state index in [1.54, 1.807) is 6.20 Å². The summed E-state index contributed by atoms with van der Waals surface area (Å²) in [6.07, 6.45) is 4.44. The second-order valence-electron chi connectivity index (χ2n) is 8.58. The number of guanidine groups is 1. The summed E-state index contributed by atoms with van der Waals surface area (Å²) in [6, 6.07) is 4.32. The Hall–Kier alpha value is -3.78. The summed E-state index contributed by atoms with van der Waals surface area (Å²) in [5.41, 5.74) is 17.7. The molecule has 14 heteroatoms. The number of benzene rings is 1. The Morgan fingerprint density at radius 2 is 1.71 bits per heavy atom. The van der Waals surface area contributed by atoms with Gasteiger partial charge in [0, 0.05) is 30.1 Å². The zero-order valence-electron chi connectivity index (χ0n) is 21.2. The highest BCUT2D eigenvalue weighted by Crippen LogP contribution is 2.19. The van der Waals surface area contributed by atoms with E-state index in [1.807, 2.05) is 30.5 Å². The number of aliphatic imine (C=N–C) groups is 1. The van der Waals surface area contributed by atoms with Gasteiger partial charge in [-0.3, -0.25) is 19.4 Å². The van der Waals surface area contributed by atoms with Gasteiger partial charge >= 0.3 is 5.97 Å². The van der Waals surface area contributed by atoms with E-state index >= 15 is 0 Å². The van der Waals surface area contributed by atoms with Crippen LogP contribution in [0.5, 0.6) is 0 Å². The number of carbonyl (C=O) groups is 4. The fourth-order valence-electron chi connectivity index (χ4n) is 3.79. The van der Waals surface area contributed by atoms with Crippen LogP contribution in [0.1, 0.15) is 24.8 Å². The SMILES string of the molecule is CSCCC(NC(=O)C(Cc1c[nH]c2ccccc12)NC(=O)CN)C(=O)NC(CCCN=C(N)N)C(=O)O. The van der Waals surface area contributed by atoms with E-state index in [-0.39, 0.29) is 38.3 Å². The number of hydrogen-bond acceptors (Lipinski definition) is 7. The lowest BCUT2D eigenvalue weighted by atomic mass is 10.0. The average Bonchev–Trinajstić information content (AvgIpc) is 3.29. The van der Waals surface area contributed by atoms with Gasteiger partial charge in [-0.1, -0.05) is 18.2 Å². The highest BCUT2D eigenvalue weighted by atomic mass is 32.2. The molecule has 0 bridgehead atoms. The maximum absolute atomic E-state index is 13.3. The number of nitrogens with two attached hydrogens (primary N) is 3. The molecule has 2 rings (SSSR count). The number of hydrogen-bond donors (Lipinski definition) is 8. The van der Waals surface area contributed by atoms with Crippen molar-refractivity contribution < 1.29 is 24.3 Å². The summed E-state index contributed by atoms with van der Waals surface area (Å²) in [7, 11) is 0. The van der Waals surface area contributed by atoms with Crippen LogP contribution in [-0.2, 0) is 25.6 Å². The summed E-state index contributed by atoms with van der Waals surface area (Å²) >= 11 is 1.47. The molecule has 2 aromatic rings. The van der Waals surface area contributed by atoms with Crippen LogP contribution in [0.25, 0.3) is 10.9 Å². The predicted molar refractivity (Wildman–Crippen MR) is 147 cm³/mol. The van der Waals surface area contributed by atoms with Gasteiger partial charge in [-0.05, 0) is 42.9 Å². The molecule has 0 saturated heterocycles. The Labute approximate surface area is 224 Å². The molecule has 38 heavy (non-hydrogen) atoms. The maximum atomic E-state index is 13.3. The number of H-pyrrole nitrogens is 1. The minimum Gasteiger partial charge on any atom is -0.480 e. The lowest BCUT2D eigenvalue weighted by Crippen LogP contribution is -2.56. The minimum atomic E-state index is -1.22. The fraction of sp³-hybridized carbons (Fsp3) is 0.458. The molecule has 208 valence electrons. The number of amides is 3. The van der Waals surface area contributed by atoms with Crippen LogP contribution in [0.2, 0.25) is 0 Å². The van der Waals surface area contributed by atoms with E-state index in [4.69, 9.17) is 17.2 Å². The van der Waals surface area contributed by atoms with Gasteiger partial charge in [-0.25, -0.2) is 4.79 Å². The van der Waals surface area contributed by atoms with E-state index in [0.717, 1.165) is 16.5 Å². The van der Waals surface area contributed by atoms with Crippen LogP contribution in [0.3, 0.4) is 0 Å². The van der Waals surface area contributed by atoms with Crippen molar-refractivity contribution in [1.82, 2.24) is 20.9 Å². The number of aromatic nitrogens is 1. The zero-order chi connectivity index (χ0) is 28.1. The van der Waals surface area contributed by atoms with Crippen molar-refractivity contribution in [3.8, 4) is 0 Å². The number of aliphatic carboxylic acids is 1. The summed E-state index contributed by atoms with van der Waals surface area (Å²) in [4.78, 5) is 57.1. The summed E-state index contributed by atoms with van der Waals surface area (Å²) in [5.74, 6) is -2.55. The molecule has 0 fully saturated rings. The molecular weight excluding hydrogens is 512 g/mol. The smallest absolute Gasteiger partial charge is 0.326 e. The number of para-hydroxylation sites is 1. The molecular formula is C24H36N8O5S. The topological polar surface area (TPSA) is 231 Å². The summed E-state index contributed by atoms with van der Waals surface area (Å²) in [5, 5.41) is 18.3. The Morgan fingerprint density at radius 1 is 1.03 bits per heavy atom. The van der Waals surface area contributed by atoms with Crippen LogP contribution in [0.4, 0.5) is 0 Å². The molecule has 0 aliphatic rings. The molecule has 0 spiro atoms. The molecule has 3 amide bonds. The quantitative estimate of drug-likeness (QED) is 0.0730. The van der Waals surface area contributed by atoms with Crippen molar-refractivity contribution in [1.29, 1.82) is 0 Å². The molecule has 13 nitrogen and oxygen atoms in total. The maximum Gasteiger partial charge on any atom is 0.326 e. The van der Waals surface area contributed by atoms with E-state index in [9.17, 15) is 24.3 Å². The number of rotatable bonds is 16. The lowest BCUT2D eigenvalue weighted by molar-refractivity contribution is -0.142. The highest BCUT2D eigenvalue weighted by Gasteiger charge is 2.29. The standard InChI is InChI=1S/C24H36N8O5S/c1-38-10-8-17(21(34)32-18(23(36)37)7-4-9-28-24(26)27)31-22(35)19(30-20(33)12-25)11-14-13-29-16-6-3-2-5-15(14)16/h2-3,5-6,13,17-19,29H,4,7-12,25H2,1H3,(H,30,33)(H,31,35)(H,32,34)(H,36,37)(H4,26,27,28). The van der Waals surface area contributed by atoms with Crippen molar-refractivity contribution in [2.75, 3.05) is 25.1 Å². The van der Waals surface area contributed by atoms with Crippen molar-refractivity contribution in [3.05, 3.63) is 36.0 Å². The van der Waals surface area contributed by atoms with Crippen LogP contribution >= 0.6 is 11.8 Å². The first-order valence-electron chi connectivity index (χ1n) is 12.1. The Morgan fingerprint density at radius 3 is 2.37 bits per heavy atom. The fourth-order valence-corrected chi connectivity index (χ4v) is 4.26. The lowest BCUT2D eigenvalue weighted by Gasteiger charge is -2.24. The van der Waals surface area contributed by atoms with E-state index in [1.165, 1.54) is 11.8 Å². The minimum absolute atomic E-state index is 0.0940. The van der Waals surface area contributed by atoms with Crippen LogP contribution < -0.4 is 33.2 Å². The van der Waals surface area contributed by atoms with Gasteiger partial charge in [0.2, 0.25) is 17.7 Å². The number of nitrogens with one attached hydrogen (secondary N) is 4. The second-order valence-corrected chi connectivity index (χ2v) is 9.56. The number of carboxylic acids is 1. The van der Waals surface area contributed by atoms with E-state index < -0.39 is 41.8 Å². The average molecular weight is 549 g/mol. The monoisotopic (exact) mass is 548 g/mol. The largest absolute Gasteiger partial charge is 0.480 e. The second kappa shape index (κ2) is 15.5. The molecule has 0 saturated carbocycles. The van der Waals surface area contributed by atoms with Gasteiger partial charge in [-0.2, -0.15) is 11.8 Å². The van der Waals surface area contributed by atoms with Gasteiger partial charge in [0.1, 0.15) is 18.1 Å². The molecule has 0 aliphatic heterocycles. The summed E-state index contributed by atoms with van der Waals surface area (Å²) in [6.45, 7) is -0.0980. The zero-order valence-corrected chi connectivity index (χ0v) is 22.1. The molecule has 3 atom stereocenters. The van der Waals surface area contributed by atoms with Crippen LogP contribution in [-0.4, -0.2) is 83.0 Å². The molecule has 1 heterocycles. The number of carboxylic acid groups (broad SMARTS) is 1. The van der Waals surface area contributed by atoms with Gasteiger partial charge in [0.25, 0.3) is 0 Å². The Bertz CT molecular complexity index is 1130. The van der Waals surface area contributed by atoms with Crippen molar-refractivity contribution in [3.63, 3.8) is 0 Å². The van der Waals surface area contributed by atoms with Gasteiger partial charge in [-0.15, -0.1) is 0 Å². The first-order valence-corrected chi connectivity index (χ1v) is 13.5. The van der Waals surface area contributed by atoms with Crippen LogP contribution in [0.15, 0.2) is 35.5 Å². The number of fused-ring (bicyclic) bond motifs is 1. The molecule has 1 aromatic carbocycles. The molecule has 11 N–H and O–H groups in total. The highest BCUT2D eigenvalue weighted by molar-refractivity contribution is 7.98. The number of carbonyl (C=O) groups excluding carboxylic acids is 3. The Balaban J connectivity index is 2.16. The third kappa shape index (κ3) is 9.59. The predicted octanol–water partition coefficient (Wildman–Crippen LogP) is -0.985. The van der Waals surface area contributed by atoms with Gasteiger partial charge in [0.05, 0.1) is 6.54 Å². The van der Waals surface area contributed by atoms with Gasteiger partial charge in [0.15, 0.2) is 5.96 Å². The Kier molecular flexibility index (Phi) is 12.4. The number of aromatic amines is 1.